The summed E-state index contributed by atoms with van der Waals surface area (Å²) in [5.74, 6) is -6.11. The highest BCUT2D eigenvalue weighted by Crippen LogP contribution is 2.72. The van der Waals surface area contributed by atoms with E-state index in [1.807, 2.05) is 6.92 Å². The van der Waals surface area contributed by atoms with Crippen molar-refractivity contribution in [3.8, 4) is 5.75 Å². The number of nitrogens with one attached hydrogen (secondary N) is 3. The number of anilines is 1. The van der Waals surface area contributed by atoms with E-state index in [0.29, 0.717) is 69.2 Å². The van der Waals surface area contributed by atoms with Crippen LogP contribution in [0, 0.1) is 40.4 Å². The largest absolute Gasteiger partial charge is 0.486 e. The zero-order chi connectivity index (χ0) is 102. The quantitative estimate of drug-likeness (QED) is 0.0339. The lowest BCUT2D eigenvalue weighted by Crippen LogP contribution is -2.71. The number of amides is 3. The van der Waals surface area contributed by atoms with Crippen LogP contribution in [0.1, 0.15) is 149 Å². The molecule has 24 heterocycles. The van der Waals surface area contributed by atoms with Crippen molar-refractivity contribution in [2.75, 3.05) is 58.1 Å². The SMILES string of the molecule is CCCC1O[C@@H]2C[C@H]3[C@@H]4C[C@H](F)C5=CC(=O)C=C[C@]5(C)[C@@]4(F)[C@@H](O)C[C@]3(C)[C@]2(C(=O)COc2ccc(NC(=O)[C@H](C)CC(=O)[C@@H](NC(=O)[C@H](C)CCCCNC(=O)COC3CCCCCc4c3nnn4CC3OC4OC5C(CO)OC(OC6C(CO)OC(OC7C(CO)OC(OC8C(CO)OC(OC9C(CO)OC(OC3C(O)C4O)C(O)C9O)C(O)C8O)C(O)C7O)C(O)C6O)C(O)C5O)C(C)C)cc2)O1. The van der Waals surface area contributed by atoms with Gasteiger partial charge in [0.05, 0.1) is 63.5 Å². The molecule has 3 amide bonds. The minimum absolute atomic E-state index is 0.0186. The van der Waals surface area contributed by atoms with E-state index < -0.39 is 349 Å². The van der Waals surface area contributed by atoms with E-state index >= 15 is 8.78 Å². The Morgan fingerprint density at radius 2 is 1.06 bits per heavy atom. The van der Waals surface area contributed by atoms with Gasteiger partial charge < -0.3 is 184 Å². The molecule has 0 spiro atoms. The van der Waals surface area contributed by atoms with Crippen molar-refractivity contribution >= 4 is 40.8 Å². The molecule has 1 aromatic heterocycles. The minimum atomic E-state index is -2.39. The molecule has 44 atom stereocenters. The van der Waals surface area contributed by atoms with Gasteiger partial charge in [0.25, 0.3) is 0 Å². The van der Waals surface area contributed by atoms with Crippen LogP contribution in [0.5, 0.6) is 5.75 Å². The molecule has 48 heteroatoms. The van der Waals surface area contributed by atoms with E-state index in [4.69, 9.17) is 75.8 Å². The average Bonchev–Trinajstić information content (AvgIpc) is 1.49. The van der Waals surface area contributed by atoms with Crippen LogP contribution in [0.15, 0.2) is 48.1 Å². The number of rotatable bonds is 29. The number of nitrogens with zero attached hydrogens (tertiary/aromatic N) is 3. The zero-order valence-electron chi connectivity index (χ0n) is 79.1. The standard InChI is InChI=1S/C93H136F2N6O40/c1-8-14-61-134-59-28-44-45-27-47(94)46-26-42(107)22-23-90(46,6)92(45,95)57(109)29-91(44,7)93(59,141-61)58(110)36-126-43-20-18-41(19-21-43)97-83(125)40(5)25-49(108)62(38(2)3)98-82(124)39(4)15-12-13-24-96-60(111)37-127-50-17-11-9-10-16-48-63(50)99-100-101(48)30-51-76-64(112)70(118)84(128-51)136-77-52(31-102)130-86(72(120)66(77)114)138-79-54(33-104)132-88(74(122)68(79)116)140-81-56(35-106)133-89(75(123)69(81)117)139-80-55(34-105)131-87(73(121)67(80)115)137-78-53(32-103)129-85(135-76)71(119)65(78)113/h18-23,26,38-40,44-45,47,50-57,59,61-62,64-81,84-89,102-106,109,112-123H,8-17,24-25,27-37H2,1-7H3,(H,96,111)(H,97,125)(H,98,124)/t39-,40-,44+,45+,47+,50?,51?,52?,53?,54?,55?,56?,57+,59-,61?,62+,64?,65?,66?,67?,68?,69?,70?,71?,72?,73?,74?,75?,76?,77?,78?,79?,80?,81?,84?,85?,86?,87?,88?,89?,90+,91+,92+,93-/m1/s1. The number of allylic oxidation sites excluding steroid dienone is 4. The first-order valence-electron chi connectivity index (χ1n) is 48.7. The summed E-state index contributed by atoms with van der Waals surface area (Å²) in [6.45, 7) is 5.39. The van der Waals surface area contributed by atoms with E-state index in [-0.39, 0.29) is 67.4 Å². The lowest BCUT2D eigenvalue weighted by Gasteiger charge is -2.63. The van der Waals surface area contributed by atoms with Crippen molar-refractivity contribution in [3.63, 3.8) is 0 Å². The molecule has 23 aliphatic heterocycles. The Bertz CT molecular complexity index is 4660. The van der Waals surface area contributed by atoms with Crippen molar-refractivity contribution in [1.82, 2.24) is 25.6 Å². The highest BCUT2D eigenvalue weighted by Gasteiger charge is 2.80. The number of benzene rings is 1. The number of aliphatic hydroxyl groups is 18. The fourth-order valence-corrected chi connectivity index (χ4v) is 22.8. The monoisotopic (exact) mass is 2010 g/mol. The molecule has 30 rings (SSSR count). The maximum absolute atomic E-state index is 18.1. The molecule has 12 bridgehead atoms. The van der Waals surface area contributed by atoms with Gasteiger partial charge in [-0.3, -0.25) is 28.8 Å². The Labute approximate surface area is 809 Å². The topological polar surface area (TPSA) is 681 Å². The third kappa shape index (κ3) is 21.3. The zero-order valence-corrected chi connectivity index (χ0v) is 79.1. The lowest BCUT2D eigenvalue weighted by molar-refractivity contribution is -0.403. The second-order valence-electron chi connectivity index (χ2n) is 40.2. The molecule has 23 saturated heterocycles. The molecule has 26 fully saturated rings. The molecule has 46 nitrogen and oxygen atoms in total. The number of hydrogen-bond acceptors (Lipinski definition) is 42. The van der Waals surface area contributed by atoms with Gasteiger partial charge >= 0.3 is 0 Å². The second kappa shape index (κ2) is 45.3. The molecule has 21 N–H and O–H groups in total. The first-order valence-corrected chi connectivity index (χ1v) is 48.7. The molecular formula is C93H136F2N6O40. The normalized spacial score (nSPS) is 43.6. The number of aromatic nitrogens is 3. The fourth-order valence-electron chi connectivity index (χ4n) is 22.8. The van der Waals surface area contributed by atoms with E-state index in [9.17, 15) is 121 Å². The third-order valence-corrected chi connectivity index (χ3v) is 30.8. The Morgan fingerprint density at radius 3 is 1.53 bits per heavy atom. The number of Topliss-reactive ketones (excluding diaryl/α,β-unsaturated/α-hetero) is 2. The Balaban J connectivity index is 0.549. The number of fused-ring (bicyclic) bond motifs is 8. The number of carbonyl (C=O) groups is 6. The first kappa shape index (κ1) is 109. The van der Waals surface area contributed by atoms with Crippen molar-refractivity contribution in [3.05, 3.63) is 59.5 Å². The number of unbranched alkanes of at least 4 members (excludes halogenated alkanes) is 1. The van der Waals surface area contributed by atoms with Gasteiger partial charge in [-0.2, -0.15) is 0 Å². The number of hydrogen-bond donors (Lipinski definition) is 21. The predicted molar refractivity (Wildman–Crippen MR) is 468 cm³/mol. The molecule has 1 aromatic carbocycles. The van der Waals surface area contributed by atoms with Gasteiger partial charge in [0.15, 0.2) is 66.9 Å². The molecule has 141 heavy (non-hydrogen) atoms. The molecular weight excluding hydrogens is 1880 g/mol. The summed E-state index contributed by atoms with van der Waals surface area (Å²) in [6.07, 6.45) is -59.1. The van der Waals surface area contributed by atoms with Crippen molar-refractivity contribution < 1.29 is 205 Å². The molecule has 792 valence electrons. The van der Waals surface area contributed by atoms with Gasteiger partial charge in [-0.25, -0.2) is 13.5 Å². The van der Waals surface area contributed by atoms with E-state index in [1.165, 1.54) is 35.9 Å². The van der Waals surface area contributed by atoms with Crippen LogP contribution in [0.25, 0.3) is 0 Å². The first-order chi connectivity index (χ1) is 67.1. The van der Waals surface area contributed by atoms with Crippen LogP contribution < -0.4 is 20.7 Å². The summed E-state index contributed by atoms with van der Waals surface area (Å²) < 4.78 is 133. The summed E-state index contributed by atoms with van der Waals surface area (Å²) in [7, 11) is 0. The maximum Gasteiger partial charge on any atom is 0.246 e. The van der Waals surface area contributed by atoms with Crippen molar-refractivity contribution in [2.24, 2.45) is 40.4 Å². The Hall–Kier alpha value is -6.40. The number of alkyl halides is 2. The van der Waals surface area contributed by atoms with Crippen LogP contribution in [0.3, 0.4) is 0 Å². The van der Waals surface area contributed by atoms with Gasteiger partial charge in [0, 0.05) is 47.2 Å². The summed E-state index contributed by atoms with van der Waals surface area (Å²) in [5.41, 5.74) is -5.94. The molecule has 32 unspecified atom stereocenters. The van der Waals surface area contributed by atoms with E-state index in [1.54, 1.807) is 46.8 Å². The Kier molecular flexibility index (Phi) is 35.0. The third-order valence-electron chi connectivity index (χ3n) is 30.8. The van der Waals surface area contributed by atoms with Crippen LogP contribution in [0.4, 0.5) is 14.5 Å². The van der Waals surface area contributed by atoms with Gasteiger partial charge in [-0.05, 0) is 119 Å². The van der Waals surface area contributed by atoms with Gasteiger partial charge in [0.1, 0.15) is 183 Å². The van der Waals surface area contributed by atoms with Crippen LogP contribution in [-0.4, -0.2) is 421 Å². The molecule has 2 aromatic rings. The number of carbonyl (C=O) groups excluding carboxylic acids is 6. The number of ketones is 3. The van der Waals surface area contributed by atoms with Gasteiger partial charge in [-0.15, -0.1) is 5.10 Å². The summed E-state index contributed by atoms with van der Waals surface area (Å²) in [4.78, 5) is 82.4. The van der Waals surface area contributed by atoms with E-state index in [2.05, 4.69) is 26.3 Å². The summed E-state index contributed by atoms with van der Waals surface area (Å²) in [5, 5.41) is 224. The van der Waals surface area contributed by atoms with Crippen molar-refractivity contribution in [2.45, 2.75) is 377 Å². The molecule has 3 saturated carbocycles. The van der Waals surface area contributed by atoms with Crippen LogP contribution >= 0.6 is 0 Å². The molecule has 0 radical (unpaired) electrons. The van der Waals surface area contributed by atoms with Gasteiger partial charge in [-0.1, -0.05) is 78.5 Å². The lowest BCUT2D eigenvalue weighted by atomic mass is 9.44. The summed E-state index contributed by atoms with van der Waals surface area (Å²) in [6, 6.07) is 5.22. The second-order valence-corrected chi connectivity index (χ2v) is 40.2. The Morgan fingerprint density at radius 1 is 0.574 bits per heavy atom. The van der Waals surface area contributed by atoms with Gasteiger partial charge in [0.2, 0.25) is 23.5 Å². The number of halogens is 2. The van der Waals surface area contributed by atoms with Crippen LogP contribution in [-0.2, 0) is 113 Å². The minimum Gasteiger partial charge on any atom is -0.486 e. The highest BCUT2D eigenvalue weighted by atomic mass is 19.1. The maximum atomic E-state index is 18.1. The fraction of sp³-hybridized carbons (Fsp3) is 0.806. The summed E-state index contributed by atoms with van der Waals surface area (Å²) >= 11 is 0. The molecule has 28 aliphatic rings. The molecule has 5 aliphatic carbocycles. The van der Waals surface area contributed by atoms with E-state index in [0.717, 1.165) is 6.08 Å². The number of ether oxygens (including phenoxy) is 16. The smallest absolute Gasteiger partial charge is 0.246 e. The van der Waals surface area contributed by atoms with Crippen molar-refractivity contribution in [1.29, 1.82) is 0 Å². The highest BCUT2D eigenvalue weighted by molar-refractivity contribution is 6.01. The predicted octanol–water partition coefficient (Wildman–Crippen LogP) is -5.13. The average molecular weight is 2020 g/mol. The van der Waals surface area contributed by atoms with Crippen LogP contribution in [0.2, 0.25) is 0 Å². The number of aliphatic hydroxyl groups excluding tert-OH is 18.